The molecule has 18 heavy (non-hydrogen) atoms. The van der Waals surface area contributed by atoms with Crippen LogP contribution in [0.5, 0.6) is 0 Å². The second kappa shape index (κ2) is 4.92. The van der Waals surface area contributed by atoms with E-state index in [4.69, 9.17) is 11.6 Å². The number of nitrogens with one attached hydrogen (secondary N) is 2. The van der Waals surface area contributed by atoms with E-state index in [1.165, 1.54) is 13.3 Å². The molecule has 2 aromatic heterocycles. The van der Waals surface area contributed by atoms with Crippen LogP contribution in [0.3, 0.4) is 0 Å². The summed E-state index contributed by atoms with van der Waals surface area (Å²) in [6, 6.07) is 0. The summed E-state index contributed by atoms with van der Waals surface area (Å²) < 4.78 is 0. The Kier molecular flexibility index (Phi) is 3.33. The van der Waals surface area contributed by atoms with Gasteiger partial charge >= 0.3 is 5.69 Å². The highest BCUT2D eigenvalue weighted by atomic mass is 35.5. The summed E-state index contributed by atoms with van der Waals surface area (Å²) in [7, 11) is 0. The van der Waals surface area contributed by atoms with E-state index in [9.17, 15) is 10.1 Å². The first-order valence-corrected chi connectivity index (χ1v) is 5.22. The highest BCUT2D eigenvalue weighted by molar-refractivity contribution is 6.28. The van der Waals surface area contributed by atoms with Gasteiger partial charge in [0.1, 0.15) is 17.8 Å². The van der Waals surface area contributed by atoms with Gasteiger partial charge in [-0.15, -0.1) is 0 Å². The van der Waals surface area contributed by atoms with E-state index in [2.05, 4.69) is 30.5 Å². The van der Waals surface area contributed by atoms with Crippen molar-refractivity contribution in [3.63, 3.8) is 0 Å². The molecule has 94 valence electrons. The fraction of sp³-hybridized carbons (Fsp3) is 0.250. The van der Waals surface area contributed by atoms with E-state index in [1.54, 1.807) is 0 Å². The first-order valence-electron chi connectivity index (χ1n) is 4.84. The molecule has 0 unspecified atom stereocenters. The number of anilines is 1. The Labute approximate surface area is 106 Å². The van der Waals surface area contributed by atoms with Crippen LogP contribution >= 0.6 is 11.6 Å². The zero-order valence-electron chi connectivity index (χ0n) is 9.21. The van der Waals surface area contributed by atoms with E-state index in [-0.39, 0.29) is 29.0 Å². The van der Waals surface area contributed by atoms with Gasteiger partial charge in [0.15, 0.2) is 0 Å². The molecule has 9 nitrogen and oxygen atoms in total. The third kappa shape index (κ3) is 2.51. The van der Waals surface area contributed by atoms with Crippen LogP contribution in [0.15, 0.2) is 6.33 Å². The maximum absolute atomic E-state index is 10.9. The number of nitrogens with zero attached hydrogens (tertiary/aromatic N) is 5. The van der Waals surface area contributed by atoms with Crippen molar-refractivity contribution in [2.24, 2.45) is 0 Å². The maximum atomic E-state index is 10.9. The number of hydrogen-bond donors (Lipinski definition) is 2. The Morgan fingerprint density at radius 3 is 2.94 bits per heavy atom. The van der Waals surface area contributed by atoms with Crippen molar-refractivity contribution in [2.75, 3.05) is 5.32 Å². The Balaban J connectivity index is 2.28. The van der Waals surface area contributed by atoms with Crippen molar-refractivity contribution in [3.05, 3.63) is 33.2 Å². The highest BCUT2D eigenvalue weighted by Crippen LogP contribution is 2.26. The van der Waals surface area contributed by atoms with Crippen LogP contribution in [0.1, 0.15) is 11.5 Å². The number of aromatic amines is 1. The molecule has 0 saturated carbocycles. The van der Waals surface area contributed by atoms with Gasteiger partial charge in [0.2, 0.25) is 11.1 Å². The average Bonchev–Trinajstić information content (AvgIpc) is 2.77. The second-order valence-corrected chi connectivity index (χ2v) is 3.66. The van der Waals surface area contributed by atoms with E-state index < -0.39 is 4.92 Å². The zero-order valence-corrected chi connectivity index (χ0v) is 9.97. The topological polar surface area (TPSA) is 123 Å². The number of hydrogen-bond acceptors (Lipinski definition) is 7. The van der Waals surface area contributed by atoms with Crippen LogP contribution in [0.25, 0.3) is 0 Å². The largest absolute Gasteiger partial charge is 0.357 e. The van der Waals surface area contributed by atoms with Crippen LogP contribution in [0.4, 0.5) is 11.5 Å². The van der Waals surface area contributed by atoms with Gasteiger partial charge in [-0.05, 0) is 18.5 Å². The summed E-state index contributed by atoms with van der Waals surface area (Å²) in [4.78, 5) is 21.8. The Morgan fingerprint density at radius 1 is 1.56 bits per heavy atom. The maximum Gasteiger partial charge on any atom is 0.332 e. The molecule has 2 rings (SSSR count). The quantitative estimate of drug-likeness (QED) is 0.483. The first kappa shape index (κ1) is 12.2. The van der Waals surface area contributed by atoms with Gasteiger partial charge in [-0.2, -0.15) is 10.1 Å². The van der Waals surface area contributed by atoms with Crippen LogP contribution in [-0.2, 0) is 6.54 Å². The zero-order chi connectivity index (χ0) is 13.1. The molecule has 0 aromatic carbocycles. The first-order chi connectivity index (χ1) is 8.58. The fourth-order valence-corrected chi connectivity index (χ4v) is 1.57. The molecular weight excluding hydrogens is 262 g/mol. The fourth-order valence-electron chi connectivity index (χ4n) is 1.36. The summed E-state index contributed by atoms with van der Waals surface area (Å²) in [6.45, 7) is 1.71. The van der Waals surface area contributed by atoms with Crippen molar-refractivity contribution >= 4 is 23.1 Å². The molecule has 0 radical (unpaired) electrons. The Bertz CT molecular complexity index is 571. The molecule has 0 aliphatic rings. The van der Waals surface area contributed by atoms with Crippen molar-refractivity contribution < 1.29 is 4.92 Å². The van der Waals surface area contributed by atoms with Crippen molar-refractivity contribution in [2.45, 2.75) is 13.5 Å². The molecule has 2 aromatic rings. The number of H-pyrrole nitrogens is 1. The lowest BCUT2D eigenvalue weighted by molar-refractivity contribution is -0.385. The number of aryl methyl sites for hydroxylation is 1. The lowest BCUT2D eigenvalue weighted by Gasteiger charge is -2.06. The molecule has 10 heteroatoms. The molecule has 2 N–H and O–H groups in total. The van der Waals surface area contributed by atoms with Crippen LogP contribution in [0, 0.1) is 17.0 Å². The lowest BCUT2D eigenvalue weighted by Crippen LogP contribution is -2.08. The van der Waals surface area contributed by atoms with Crippen molar-refractivity contribution in [1.29, 1.82) is 0 Å². The SMILES string of the molecule is Cc1nc(Cl)nc(NCc2ncn[nH]2)c1[N+](=O)[O-]. The number of halogens is 1. The molecule has 0 spiro atoms. The normalized spacial score (nSPS) is 10.3. The van der Waals surface area contributed by atoms with E-state index in [1.807, 2.05) is 0 Å². The second-order valence-electron chi connectivity index (χ2n) is 3.32. The standard InChI is InChI=1S/C8H8ClN7O2/c1-4-6(16(17)18)7(14-8(9)13-4)10-2-5-11-3-12-15-5/h3H,2H2,1H3,(H,10,13,14)(H,11,12,15). The summed E-state index contributed by atoms with van der Waals surface area (Å²) in [6.07, 6.45) is 1.34. The predicted molar refractivity (Wildman–Crippen MR) is 62.1 cm³/mol. The summed E-state index contributed by atoms with van der Waals surface area (Å²) in [5.41, 5.74) is -0.0148. The van der Waals surface area contributed by atoms with Gasteiger partial charge in [0.25, 0.3) is 0 Å². The van der Waals surface area contributed by atoms with Gasteiger partial charge in [0.05, 0.1) is 11.5 Å². The van der Waals surface area contributed by atoms with Crippen LogP contribution in [-0.4, -0.2) is 30.1 Å². The summed E-state index contributed by atoms with van der Waals surface area (Å²) >= 11 is 5.67. The van der Waals surface area contributed by atoms with Gasteiger partial charge in [0, 0.05) is 0 Å². The molecule has 0 aliphatic carbocycles. The summed E-state index contributed by atoms with van der Waals surface area (Å²) in [5, 5.41) is 19.9. The van der Waals surface area contributed by atoms with Gasteiger partial charge < -0.3 is 5.32 Å². The molecule has 0 aliphatic heterocycles. The minimum absolute atomic E-state index is 0.0499. The molecule has 0 saturated heterocycles. The minimum Gasteiger partial charge on any atom is -0.357 e. The molecule has 0 fully saturated rings. The third-order valence-electron chi connectivity index (χ3n) is 2.10. The minimum atomic E-state index is -0.561. The van der Waals surface area contributed by atoms with E-state index in [0.717, 1.165) is 0 Å². The van der Waals surface area contributed by atoms with Crippen LogP contribution < -0.4 is 5.32 Å². The molecule has 0 bridgehead atoms. The molecule has 2 heterocycles. The predicted octanol–water partition coefficient (Wildman–Crippen LogP) is 1.08. The summed E-state index contributed by atoms with van der Waals surface area (Å²) in [5.74, 6) is 0.575. The molecular formula is C8H8ClN7O2. The van der Waals surface area contributed by atoms with Crippen LogP contribution in [0.2, 0.25) is 5.28 Å². The highest BCUT2D eigenvalue weighted by Gasteiger charge is 2.21. The smallest absolute Gasteiger partial charge is 0.332 e. The lowest BCUT2D eigenvalue weighted by atomic mass is 10.3. The van der Waals surface area contributed by atoms with Gasteiger partial charge in [-0.3, -0.25) is 15.2 Å². The van der Waals surface area contributed by atoms with Crippen molar-refractivity contribution in [1.82, 2.24) is 25.1 Å². The number of nitro groups is 1. The van der Waals surface area contributed by atoms with Crippen molar-refractivity contribution in [3.8, 4) is 0 Å². The average molecular weight is 270 g/mol. The third-order valence-corrected chi connectivity index (χ3v) is 2.27. The molecule has 0 amide bonds. The van der Waals surface area contributed by atoms with Gasteiger partial charge in [-0.1, -0.05) is 0 Å². The van der Waals surface area contributed by atoms with E-state index >= 15 is 0 Å². The molecule has 0 atom stereocenters. The monoisotopic (exact) mass is 269 g/mol. The number of aromatic nitrogens is 5. The van der Waals surface area contributed by atoms with E-state index in [0.29, 0.717) is 5.82 Å². The van der Waals surface area contributed by atoms with Gasteiger partial charge in [-0.25, -0.2) is 9.97 Å². The Hall–Kier alpha value is -2.29. The Morgan fingerprint density at radius 2 is 2.33 bits per heavy atom. The number of rotatable bonds is 4.